The van der Waals surface area contributed by atoms with E-state index in [2.05, 4.69) is 10.3 Å². The minimum Gasteiger partial charge on any atom is -0.481 e. The van der Waals surface area contributed by atoms with Gasteiger partial charge in [0.1, 0.15) is 11.4 Å². The third-order valence-corrected chi connectivity index (χ3v) is 4.80. The van der Waals surface area contributed by atoms with Crippen LogP contribution < -0.4 is 10.9 Å². The molecule has 8 heteroatoms. The number of rotatable bonds is 6. The Kier molecular flexibility index (Phi) is 4.84. The molecule has 1 unspecified atom stereocenters. The van der Waals surface area contributed by atoms with Gasteiger partial charge in [0.05, 0.1) is 23.7 Å². The third kappa shape index (κ3) is 3.76. The van der Waals surface area contributed by atoms with Gasteiger partial charge < -0.3 is 10.4 Å². The molecule has 0 aliphatic rings. The molecule has 2 aromatic heterocycles. The van der Waals surface area contributed by atoms with Gasteiger partial charge in [-0.15, -0.1) is 11.3 Å². The molecule has 2 heterocycles. The normalized spacial score (nSPS) is 13.9. The highest BCUT2D eigenvalue weighted by Crippen LogP contribution is 2.21. The number of aliphatic carboxylic acids is 1. The molecule has 2 aromatic rings. The summed E-state index contributed by atoms with van der Waals surface area (Å²) in [6.45, 7) is 5.18. The van der Waals surface area contributed by atoms with Crippen molar-refractivity contribution in [2.45, 2.75) is 39.3 Å². The lowest BCUT2D eigenvalue weighted by Gasteiger charge is -2.33. The van der Waals surface area contributed by atoms with Crippen molar-refractivity contribution >= 4 is 33.4 Å². The fourth-order valence-corrected chi connectivity index (χ4v) is 2.95. The van der Waals surface area contributed by atoms with Crippen molar-refractivity contribution in [1.29, 1.82) is 0 Å². The van der Waals surface area contributed by atoms with Gasteiger partial charge in [0.15, 0.2) is 0 Å². The lowest BCUT2D eigenvalue weighted by molar-refractivity contribution is -0.139. The fourth-order valence-electron chi connectivity index (χ4n) is 2.23. The number of amides is 1. The van der Waals surface area contributed by atoms with Crippen molar-refractivity contribution in [2.24, 2.45) is 5.92 Å². The number of carboxylic acid groups (broad SMARTS) is 1. The first-order chi connectivity index (χ1) is 10.7. The van der Waals surface area contributed by atoms with Crippen molar-refractivity contribution in [3.63, 3.8) is 0 Å². The van der Waals surface area contributed by atoms with E-state index in [1.807, 2.05) is 13.8 Å². The number of nitrogens with one attached hydrogen (secondary N) is 1. The van der Waals surface area contributed by atoms with E-state index in [1.54, 1.807) is 18.4 Å². The zero-order valence-corrected chi connectivity index (χ0v) is 14.0. The molecule has 124 valence electrons. The Hall–Kier alpha value is -2.22. The second-order valence-electron chi connectivity index (χ2n) is 6.01. The van der Waals surface area contributed by atoms with Crippen LogP contribution in [-0.4, -0.2) is 32.1 Å². The maximum Gasteiger partial charge on any atom is 0.305 e. The molecule has 0 fully saturated rings. The number of carbonyl (C=O) groups excluding carboxylic acids is 1. The number of carbonyl (C=O) groups is 2. The first-order valence-corrected chi connectivity index (χ1v) is 8.06. The SMILES string of the molecule is CC(C)C(C)(CC(=O)O)NC(=O)Cn1cnc2sccc2c1=O. The van der Waals surface area contributed by atoms with Gasteiger partial charge in [-0.1, -0.05) is 13.8 Å². The van der Waals surface area contributed by atoms with E-state index in [-0.39, 0.29) is 24.4 Å². The molecule has 0 aliphatic heterocycles. The lowest BCUT2D eigenvalue weighted by atomic mass is 9.85. The van der Waals surface area contributed by atoms with Gasteiger partial charge in [-0.25, -0.2) is 4.98 Å². The predicted octanol–water partition coefficient (Wildman–Crippen LogP) is 1.46. The van der Waals surface area contributed by atoms with E-state index in [0.29, 0.717) is 10.2 Å². The first kappa shape index (κ1) is 17.1. The maximum atomic E-state index is 12.3. The van der Waals surface area contributed by atoms with Crippen LogP contribution in [0.15, 0.2) is 22.6 Å². The standard InChI is InChI=1S/C15H19N3O4S/c1-9(2)15(3,6-12(20)21)17-11(19)7-18-8-16-13-10(14(18)22)4-5-23-13/h4-5,8-9H,6-7H2,1-3H3,(H,17,19)(H,20,21). The Morgan fingerprint density at radius 1 is 1.48 bits per heavy atom. The Labute approximate surface area is 137 Å². The molecule has 2 N–H and O–H groups in total. The van der Waals surface area contributed by atoms with Crippen molar-refractivity contribution < 1.29 is 14.7 Å². The number of nitrogens with zero attached hydrogens (tertiary/aromatic N) is 2. The third-order valence-electron chi connectivity index (χ3n) is 3.98. The number of hydrogen-bond donors (Lipinski definition) is 2. The molecule has 0 aliphatic carbocycles. The van der Waals surface area contributed by atoms with E-state index >= 15 is 0 Å². The summed E-state index contributed by atoms with van der Waals surface area (Å²) in [4.78, 5) is 40.3. The first-order valence-electron chi connectivity index (χ1n) is 7.18. The molecule has 0 radical (unpaired) electrons. The van der Waals surface area contributed by atoms with Crippen LogP contribution in [0.5, 0.6) is 0 Å². The number of carboxylic acids is 1. The Morgan fingerprint density at radius 3 is 2.78 bits per heavy atom. The summed E-state index contributed by atoms with van der Waals surface area (Å²) in [6.07, 6.45) is 1.15. The van der Waals surface area contributed by atoms with E-state index in [0.717, 1.165) is 0 Å². The molecule has 0 saturated carbocycles. The molecule has 1 amide bonds. The number of thiophene rings is 1. The minimum atomic E-state index is -0.986. The van der Waals surface area contributed by atoms with E-state index in [4.69, 9.17) is 5.11 Å². The van der Waals surface area contributed by atoms with Crippen LogP contribution in [-0.2, 0) is 16.1 Å². The van der Waals surface area contributed by atoms with Crippen LogP contribution in [0.1, 0.15) is 27.2 Å². The largest absolute Gasteiger partial charge is 0.481 e. The van der Waals surface area contributed by atoms with Crippen molar-refractivity contribution in [3.05, 3.63) is 28.1 Å². The quantitative estimate of drug-likeness (QED) is 0.831. The van der Waals surface area contributed by atoms with Crippen LogP contribution in [0, 0.1) is 5.92 Å². The summed E-state index contributed by atoms with van der Waals surface area (Å²) in [7, 11) is 0. The summed E-state index contributed by atoms with van der Waals surface area (Å²) in [6, 6.07) is 1.67. The molecular weight excluding hydrogens is 318 g/mol. The summed E-state index contributed by atoms with van der Waals surface area (Å²) < 4.78 is 1.23. The summed E-state index contributed by atoms with van der Waals surface area (Å²) >= 11 is 1.36. The lowest BCUT2D eigenvalue weighted by Crippen LogP contribution is -2.52. The summed E-state index contributed by atoms with van der Waals surface area (Å²) in [5, 5.41) is 14.0. The fraction of sp³-hybridized carbons (Fsp3) is 0.467. The topological polar surface area (TPSA) is 101 Å². The Bertz CT molecular complexity index is 795. The highest BCUT2D eigenvalue weighted by molar-refractivity contribution is 7.16. The predicted molar refractivity (Wildman–Crippen MR) is 87.5 cm³/mol. The zero-order chi connectivity index (χ0) is 17.2. The second kappa shape index (κ2) is 6.49. The van der Waals surface area contributed by atoms with Crippen LogP contribution in [0.25, 0.3) is 10.2 Å². The van der Waals surface area contributed by atoms with Gasteiger partial charge in [0.25, 0.3) is 5.56 Å². The van der Waals surface area contributed by atoms with Crippen molar-refractivity contribution in [3.8, 4) is 0 Å². The number of aromatic nitrogens is 2. The highest BCUT2D eigenvalue weighted by atomic mass is 32.1. The van der Waals surface area contributed by atoms with Crippen LogP contribution >= 0.6 is 11.3 Å². The van der Waals surface area contributed by atoms with Crippen LogP contribution in [0.4, 0.5) is 0 Å². The average molecular weight is 337 g/mol. The Balaban J connectivity index is 2.18. The van der Waals surface area contributed by atoms with Crippen molar-refractivity contribution in [2.75, 3.05) is 0 Å². The van der Waals surface area contributed by atoms with E-state index < -0.39 is 17.4 Å². The maximum absolute atomic E-state index is 12.3. The Morgan fingerprint density at radius 2 is 2.17 bits per heavy atom. The summed E-state index contributed by atoms with van der Waals surface area (Å²) in [5.41, 5.74) is -1.16. The molecule has 7 nitrogen and oxygen atoms in total. The van der Waals surface area contributed by atoms with Crippen LogP contribution in [0.3, 0.4) is 0 Å². The van der Waals surface area contributed by atoms with Crippen LogP contribution in [0.2, 0.25) is 0 Å². The molecule has 2 rings (SSSR count). The van der Waals surface area contributed by atoms with Gasteiger partial charge in [-0.2, -0.15) is 0 Å². The molecule has 1 atom stereocenters. The number of hydrogen-bond acceptors (Lipinski definition) is 5. The molecule has 0 spiro atoms. The minimum absolute atomic E-state index is 0.0725. The van der Waals surface area contributed by atoms with Gasteiger partial charge in [0, 0.05) is 0 Å². The van der Waals surface area contributed by atoms with Gasteiger partial charge in [-0.3, -0.25) is 19.0 Å². The van der Waals surface area contributed by atoms with Gasteiger partial charge >= 0.3 is 5.97 Å². The zero-order valence-electron chi connectivity index (χ0n) is 13.2. The van der Waals surface area contributed by atoms with Gasteiger partial charge in [0.2, 0.25) is 5.91 Å². The molecule has 0 bridgehead atoms. The highest BCUT2D eigenvalue weighted by Gasteiger charge is 2.32. The molecule has 0 aromatic carbocycles. The molecule has 23 heavy (non-hydrogen) atoms. The monoisotopic (exact) mass is 337 g/mol. The molecule has 0 saturated heterocycles. The second-order valence-corrected chi connectivity index (χ2v) is 6.90. The average Bonchev–Trinajstić information content (AvgIpc) is 2.90. The van der Waals surface area contributed by atoms with E-state index in [1.165, 1.54) is 22.2 Å². The smallest absolute Gasteiger partial charge is 0.305 e. The summed E-state index contributed by atoms with van der Waals surface area (Å²) in [5.74, 6) is -1.47. The van der Waals surface area contributed by atoms with E-state index in [9.17, 15) is 14.4 Å². The molecular formula is C15H19N3O4S. The number of fused-ring (bicyclic) bond motifs is 1. The van der Waals surface area contributed by atoms with Gasteiger partial charge in [-0.05, 0) is 24.3 Å². The van der Waals surface area contributed by atoms with Crippen molar-refractivity contribution in [1.82, 2.24) is 14.9 Å².